The lowest BCUT2D eigenvalue weighted by atomic mass is 9.78. The van der Waals surface area contributed by atoms with E-state index in [9.17, 15) is 9.59 Å². The van der Waals surface area contributed by atoms with E-state index in [2.05, 4.69) is 0 Å². The predicted molar refractivity (Wildman–Crippen MR) is 59.4 cm³/mol. The van der Waals surface area contributed by atoms with Crippen molar-refractivity contribution in [3.05, 3.63) is 0 Å². The SMILES string of the molecule is CCOC(=O)C(C)(C)C(=O)C(C)C(C)C. The van der Waals surface area contributed by atoms with Crippen LogP contribution in [0.1, 0.15) is 41.5 Å². The standard InChI is InChI=1S/C12H22O3/c1-7-15-11(14)12(5,6)10(13)9(4)8(2)3/h8-9H,7H2,1-6H3. The average Bonchev–Trinajstić information content (AvgIpc) is 2.15. The van der Waals surface area contributed by atoms with Crippen LogP contribution in [0, 0.1) is 17.3 Å². The van der Waals surface area contributed by atoms with Gasteiger partial charge in [-0.3, -0.25) is 9.59 Å². The molecule has 0 aromatic carbocycles. The second-order valence-electron chi connectivity index (χ2n) is 4.74. The monoisotopic (exact) mass is 214 g/mol. The smallest absolute Gasteiger partial charge is 0.319 e. The molecule has 1 unspecified atom stereocenters. The van der Waals surface area contributed by atoms with Crippen molar-refractivity contribution in [1.82, 2.24) is 0 Å². The molecule has 0 aliphatic rings. The van der Waals surface area contributed by atoms with E-state index in [0.29, 0.717) is 6.61 Å². The molecule has 0 saturated carbocycles. The molecule has 1 atom stereocenters. The molecule has 15 heavy (non-hydrogen) atoms. The molecule has 88 valence electrons. The minimum Gasteiger partial charge on any atom is -0.465 e. The lowest BCUT2D eigenvalue weighted by molar-refractivity contribution is -0.159. The Hall–Kier alpha value is -0.860. The van der Waals surface area contributed by atoms with Gasteiger partial charge in [0, 0.05) is 5.92 Å². The second-order valence-corrected chi connectivity index (χ2v) is 4.74. The second kappa shape index (κ2) is 5.29. The number of ketones is 1. The van der Waals surface area contributed by atoms with E-state index >= 15 is 0 Å². The van der Waals surface area contributed by atoms with Crippen LogP contribution in [0.2, 0.25) is 0 Å². The summed E-state index contributed by atoms with van der Waals surface area (Å²) in [6, 6.07) is 0. The molecule has 0 N–H and O–H groups in total. The van der Waals surface area contributed by atoms with Gasteiger partial charge >= 0.3 is 5.97 Å². The quantitative estimate of drug-likeness (QED) is 0.521. The Morgan fingerprint density at radius 3 is 2.00 bits per heavy atom. The third kappa shape index (κ3) is 3.33. The first-order valence-corrected chi connectivity index (χ1v) is 5.46. The van der Waals surface area contributed by atoms with E-state index in [1.54, 1.807) is 20.8 Å². The van der Waals surface area contributed by atoms with Crippen molar-refractivity contribution in [3.8, 4) is 0 Å². The number of hydrogen-bond donors (Lipinski definition) is 0. The fourth-order valence-corrected chi connectivity index (χ4v) is 1.28. The molecular weight excluding hydrogens is 192 g/mol. The van der Waals surface area contributed by atoms with Crippen molar-refractivity contribution in [1.29, 1.82) is 0 Å². The van der Waals surface area contributed by atoms with E-state index in [-0.39, 0.29) is 17.6 Å². The summed E-state index contributed by atoms with van der Waals surface area (Å²) in [5.41, 5.74) is -1.03. The van der Waals surface area contributed by atoms with Crippen LogP contribution in [0.4, 0.5) is 0 Å². The Morgan fingerprint density at radius 1 is 1.20 bits per heavy atom. The van der Waals surface area contributed by atoms with Gasteiger partial charge in [0.1, 0.15) is 5.41 Å². The predicted octanol–water partition coefficient (Wildman–Crippen LogP) is 2.44. The maximum Gasteiger partial charge on any atom is 0.319 e. The zero-order valence-electron chi connectivity index (χ0n) is 10.6. The van der Waals surface area contributed by atoms with Crippen LogP contribution in [-0.4, -0.2) is 18.4 Å². The molecule has 0 aliphatic heterocycles. The topological polar surface area (TPSA) is 43.4 Å². The number of Topliss-reactive ketones (excluding diaryl/α,β-unsaturated/α-hetero) is 1. The summed E-state index contributed by atoms with van der Waals surface area (Å²) < 4.78 is 4.90. The molecular formula is C12H22O3. The summed E-state index contributed by atoms with van der Waals surface area (Å²) in [4.78, 5) is 23.6. The van der Waals surface area contributed by atoms with Crippen LogP contribution in [-0.2, 0) is 14.3 Å². The van der Waals surface area contributed by atoms with Crippen molar-refractivity contribution in [2.75, 3.05) is 6.61 Å². The number of carbonyl (C=O) groups is 2. The zero-order chi connectivity index (χ0) is 12.2. The van der Waals surface area contributed by atoms with Gasteiger partial charge in [0.05, 0.1) is 6.61 Å². The number of carbonyl (C=O) groups excluding carboxylic acids is 2. The van der Waals surface area contributed by atoms with Gasteiger partial charge in [-0.2, -0.15) is 0 Å². The minimum absolute atomic E-state index is 0.0454. The van der Waals surface area contributed by atoms with Crippen LogP contribution >= 0.6 is 0 Å². The number of ether oxygens (including phenoxy) is 1. The highest BCUT2D eigenvalue weighted by molar-refractivity contribution is 6.03. The molecule has 3 heteroatoms. The van der Waals surface area contributed by atoms with Crippen LogP contribution < -0.4 is 0 Å². The molecule has 0 aromatic rings. The van der Waals surface area contributed by atoms with Crippen LogP contribution in [0.25, 0.3) is 0 Å². The van der Waals surface area contributed by atoms with E-state index in [1.165, 1.54) is 0 Å². The Kier molecular flexibility index (Phi) is 4.98. The Balaban J connectivity index is 4.72. The zero-order valence-corrected chi connectivity index (χ0v) is 10.6. The van der Waals surface area contributed by atoms with Gasteiger partial charge < -0.3 is 4.74 Å². The molecule has 0 spiro atoms. The number of hydrogen-bond acceptors (Lipinski definition) is 3. The maximum atomic E-state index is 12.0. The molecule has 0 aromatic heterocycles. The van der Waals surface area contributed by atoms with E-state index in [4.69, 9.17) is 4.74 Å². The lowest BCUT2D eigenvalue weighted by Crippen LogP contribution is -2.39. The first-order valence-electron chi connectivity index (χ1n) is 5.46. The Bertz CT molecular complexity index is 241. The highest BCUT2D eigenvalue weighted by Crippen LogP contribution is 2.26. The summed E-state index contributed by atoms with van der Waals surface area (Å²) in [5.74, 6) is -0.353. The number of esters is 1. The highest BCUT2D eigenvalue weighted by Gasteiger charge is 2.40. The van der Waals surface area contributed by atoms with Crippen molar-refractivity contribution >= 4 is 11.8 Å². The minimum atomic E-state index is -1.03. The summed E-state index contributed by atoms with van der Waals surface area (Å²) in [6.07, 6.45) is 0. The Labute approximate surface area is 92.2 Å². The molecule has 0 radical (unpaired) electrons. The highest BCUT2D eigenvalue weighted by atomic mass is 16.5. The van der Waals surface area contributed by atoms with Crippen LogP contribution in [0.5, 0.6) is 0 Å². The van der Waals surface area contributed by atoms with Gasteiger partial charge in [-0.05, 0) is 26.7 Å². The van der Waals surface area contributed by atoms with Crippen LogP contribution in [0.15, 0.2) is 0 Å². The molecule has 3 nitrogen and oxygen atoms in total. The molecule has 0 aliphatic carbocycles. The summed E-state index contributed by atoms with van der Waals surface area (Å²) >= 11 is 0. The van der Waals surface area contributed by atoms with Crippen LogP contribution in [0.3, 0.4) is 0 Å². The van der Waals surface area contributed by atoms with Gasteiger partial charge in [-0.15, -0.1) is 0 Å². The van der Waals surface area contributed by atoms with Gasteiger partial charge in [-0.1, -0.05) is 20.8 Å². The average molecular weight is 214 g/mol. The van der Waals surface area contributed by atoms with Gasteiger partial charge in [0.15, 0.2) is 5.78 Å². The van der Waals surface area contributed by atoms with Crippen molar-refractivity contribution in [3.63, 3.8) is 0 Å². The number of rotatable bonds is 5. The summed E-state index contributed by atoms with van der Waals surface area (Å²) in [6.45, 7) is 11.1. The third-order valence-corrected chi connectivity index (χ3v) is 2.82. The molecule has 0 saturated heterocycles. The van der Waals surface area contributed by atoms with Gasteiger partial charge in [-0.25, -0.2) is 0 Å². The van der Waals surface area contributed by atoms with E-state index in [0.717, 1.165) is 0 Å². The molecule has 0 amide bonds. The van der Waals surface area contributed by atoms with E-state index < -0.39 is 11.4 Å². The molecule has 0 rings (SSSR count). The first kappa shape index (κ1) is 14.1. The normalized spacial score (nSPS) is 13.8. The fourth-order valence-electron chi connectivity index (χ4n) is 1.28. The van der Waals surface area contributed by atoms with Crippen molar-refractivity contribution < 1.29 is 14.3 Å². The van der Waals surface area contributed by atoms with E-state index in [1.807, 2.05) is 20.8 Å². The largest absolute Gasteiger partial charge is 0.465 e. The van der Waals surface area contributed by atoms with Gasteiger partial charge in [0.2, 0.25) is 0 Å². The third-order valence-electron chi connectivity index (χ3n) is 2.82. The van der Waals surface area contributed by atoms with Crippen molar-refractivity contribution in [2.24, 2.45) is 17.3 Å². The molecule has 0 heterocycles. The van der Waals surface area contributed by atoms with Crippen molar-refractivity contribution in [2.45, 2.75) is 41.5 Å². The van der Waals surface area contributed by atoms with Gasteiger partial charge in [0.25, 0.3) is 0 Å². The maximum absolute atomic E-state index is 12.0. The summed E-state index contributed by atoms with van der Waals surface area (Å²) in [7, 11) is 0. The Morgan fingerprint density at radius 2 is 1.67 bits per heavy atom. The molecule has 0 bridgehead atoms. The first-order chi connectivity index (χ1) is 6.75. The lowest BCUT2D eigenvalue weighted by Gasteiger charge is -2.26. The summed E-state index contributed by atoms with van der Waals surface area (Å²) in [5, 5.41) is 0. The molecule has 0 fully saturated rings. The fraction of sp³-hybridized carbons (Fsp3) is 0.833.